The quantitative estimate of drug-likeness (QED) is 0.918. The lowest BCUT2D eigenvalue weighted by Crippen LogP contribution is -2.44. The molecule has 1 aliphatic heterocycles. The number of benzene rings is 1. The maximum atomic E-state index is 13.2. The number of nitrogens with one attached hydrogen (secondary N) is 1. The lowest BCUT2D eigenvalue weighted by Gasteiger charge is -2.32. The third-order valence-corrected chi connectivity index (χ3v) is 3.88. The molecule has 0 aliphatic carbocycles. The summed E-state index contributed by atoms with van der Waals surface area (Å²) < 4.78 is 13.2. The van der Waals surface area contributed by atoms with E-state index in [1.54, 1.807) is 19.1 Å². The summed E-state index contributed by atoms with van der Waals surface area (Å²) in [5.41, 5.74) is 1.05. The van der Waals surface area contributed by atoms with E-state index in [0.29, 0.717) is 11.1 Å². The summed E-state index contributed by atoms with van der Waals surface area (Å²) in [5, 5.41) is 3.06. The van der Waals surface area contributed by atoms with E-state index in [0.717, 1.165) is 32.5 Å². The van der Waals surface area contributed by atoms with Crippen LogP contribution in [-0.4, -0.2) is 36.5 Å². The first-order valence-corrected chi connectivity index (χ1v) is 7.39. The van der Waals surface area contributed by atoms with Gasteiger partial charge in [0.2, 0.25) is 0 Å². The highest BCUT2D eigenvalue weighted by atomic mass is 19.1. The van der Waals surface area contributed by atoms with E-state index in [9.17, 15) is 9.18 Å². The van der Waals surface area contributed by atoms with Crippen molar-refractivity contribution in [2.24, 2.45) is 0 Å². The van der Waals surface area contributed by atoms with Gasteiger partial charge in [-0.05, 0) is 56.5 Å². The van der Waals surface area contributed by atoms with Crippen molar-refractivity contribution in [1.29, 1.82) is 0 Å². The fraction of sp³-hybridized carbons (Fsp3) is 0.562. The van der Waals surface area contributed by atoms with Crippen molar-refractivity contribution in [3.8, 4) is 0 Å². The standard InChI is InChI=1S/C16H23FN2O/c1-3-8-19-9-6-14(7-10-19)18-16(20)13-4-5-15(17)12(2)11-13/h4-5,11,14H,3,6-10H2,1-2H3,(H,18,20). The van der Waals surface area contributed by atoms with Gasteiger partial charge in [0.25, 0.3) is 5.91 Å². The number of carbonyl (C=O) groups is 1. The molecule has 0 spiro atoms. The Morgan fingerprint density at radius 3 is 2.70 bits per heavy atom. The van der Waals surface area contributed by atoms with Crippen molar-refractivity contribution in [1.82, 2.24) is 10.2 Å². The zero-order chi connectivity index (χ0) is 14.5. The largest absolute Gasteiger partial charge is 0.349 e. The number of carbonyl (C=O) groups excluding carboxylic acids is 1. The van der Waals surface area contributed by atoms with Gasteiger partial charge in [-0.25, -0.2) is 4.39 Å². The van der Waals surface area contributed by atoms with Gasteiger partial charge in [0, 0.05) is 24.7 Å². The van der Waals surface area contributed by atoms with Gasteiger partial charge in [0.1, 0.15) is 5.82 Å². The molecule has 1 fully saturated rings. The van der Waals surface area contributed by atoms with Crippen LogP contribution in [0.25, 0.3) is 0 Å². The summed E-state index contributed by atoms with van der Waals surface area (Å²) in [4.78, 5) is 14.6. The molecule has 3 nitrogen and oxygen atoms in total. The van der Waals surface area contributed by atoms with Crippen LogP contribution in [0.2, 0.25) is 0 Å². The van der Waals surface area contributed by atoms with E-state index < -0.39 is 0 Å². The first-order valence-electron chi connectivity index (χ1n) is 7.39. The van der Waals surface area contributed by atoms with Crippen molar-refractivity contribution >= 4 is 5.91 Å². The van der Waals surface area contributed by atoms with E-state index in [1.807, 2.05) is 0 Å². The number of aryl methyl sites for hydroxylation is 1. The molecule has 1 aromatic carbocycles. The van der Waals surface area contributed by atoms with Gasteiger partial charge in [0.15, 0.2) is 0 Å². The van der Waals surface area contributed by atoms with E-state index in [-0.39, 0.29) is 17.8 Å². The second kappa shape index (κ2) is 6.84. The van der Waals surface area contributed by atoms with E-state index >= 15 is 0 Å². The number of hydrogen-bond donors (Lipinski definition) is 1. The maximum absolute atomic E-state index is 13.2. The molecule has 1 amide bonds. The molecule has 110 valence electrons. The van der Waals surface area contributed by atoms with Gasteiger partial charge in [-0.1, -0.05) is 6.92 Å². The SMILES string of the molecule is CCCN1CCC(NC(=O)c2ccc(F)c(C)c2)CC1. The number of amides is 1. The van der Waals surface area contributed by atoms with Crippen molar-refractivity contribution in [3.05, 3.63) is 35.1 Å². The summed E-state index contributed by atoms with van der Waals surface area (Å²) in [5.74, 6) is -0.364. The Morgan fingerprint density at radius 1 is 1.40 bits per heavy atom. The maximum Gasteiger partial charge on any atom is 0.251 e. The van der Waals surface area contributed by atoms with Gasteiger partial charge in [-0.2, -0.15) is 0 Å². The van der Waals surface area contributed by atoms with Crippen LogP contribution in [0.4, 0.5) is 4.39 Å². The zero-order valence-electron chi connectivity index (χ0n) is 12.3. The molecule has 1 aromatic rings. The molecule has 4 heteroatoms. The van der Waals surface area contributed by atoms with E-state index in [4.69, 9.17) is 0 Å². The van der Waals surface area contributed by atoms with Crippen LogP contribution in [-0.2, 0) is 0 Å². The molecule has 1 aliphatic rings. The van der Waals surface area contributed by atoms with Crippen LogP contribution in [0.5, 0.6) is 0 Å². The van der Waals surface area contributed by atoms with Gasteiger partial charge in [-0.3, -0.25) is 4.79 Å². The first kappa shape index (κ1) is 15.0. The highest BCUT2D eigenvalue weighted by molar-refractivity contribution is 5.94. The average molecular weight is 278 g/mol. The lowest BCUT2D eigenvalue weighted by molar-refractivity contribution is 0.0911. The van der Waals surface area contributed by atoms with Crippen molar-refractivity contribution in [2.45, 2.75) is 39.2 Å². The fourth-order valence-corrected chi connectivity index (χ4v) is 2.67. The molecule has 0 aromatic heterocycles. The Kier molecular flexibility index (Phi) is 5.12. The molecule has 2 rings (SSSR count). The van der Waals surface area contributed by atoms with Gasteiger partial charge < -0.3 is 10.2 Å². The minimum Gasteiger partial charge on any atom is -0.349 e. The zero-order valence-corrected chi connectivity index (χ0v) is 12.3. The van der Waals surface area contributed by atoms with Crippen LogP contribution in [0.1, 0.15) is 42.1 Å². The van der Waals surface area contributed by atoms with Crippen LogP contribution < -0.4 is 5.32 Å². The van der Waals surface area contributed by atoms with Crippen LogP contribution in [0, 0.1) is 12.7 Å². The topological polar surface area (TPSA) is 32.3 Å². The van der Waals surface area contributed by atoms with Crippen molar-refractivity contribution in [3.63, 3.8) is 0 Å². The number of rotatable bonds is 4. The predicted octanol–water partition coefficient (Wildman–Crippen LogP) is 2.74. The van der Waals surface area contributed by atoms with Crippen molar-refractivity contribution < 1.29 is 9.18 Å². The first-order chi connectivity index (χ1) is 9.60. The molecule has 0 radical (unpaired) electrons. The summed E-state index contributed by atoms with van der Waals surface area (Å²) in [6, 6.07) is 4.75. The summed E-state index contributed by atoms with van der Waals surface area (Å²) in [6.07, 6.45) is 3.16. The summed E-state index contributed by atoms with van der Waals surface area (Å²) in [7, 11) is 0. The molecule has 20 heavy (non-hydrogen) atoms. The fourth-order valence-electron chi connectivity index (χ4n) is 2.67. The highest BCUT2D eigenvalue weighted by Gasteiger charge is 2.20. The Labute approximate surface area is 120 Å². The van der Waals surface area contributed by atoms with Gasteiger partial charge >= 0.3 is 0 Å². The van der Waals surface area contributed by atoms with Crippen LogP contribution in [0.15, 0.2) is 18.2 Å². The summed E-state index contributed by atoms with van der Waals surface area (Å²) >= 11 is 0. The van der Waals surface area contributed by atoms with Gasteiger partial charge in [0.05, 0.1) is 0 Å². The molecular weight excluding hydrogens is 255 g/mol. The summed E-state index contributed by atoms with van der Waals surface area (Å²) in [6.45, 7) is 7.08. The third kappa shape index (κ3) is 3.79. The second-order valence-corrected chi connectivity index (χ2v) is 5.55. The predicted molar refractivity (Wildman–Crippen MR) is 78.4 cm³/mol. The smallest absolute Gasteiger partial charge is 0.251 e. The minimum absolute atomic E-state index is 0.0953. The normalized spacial score (nSPS) is 17.1. The monoisotopic (exact) mass is 278 g/mol. The number of piperidine rings is 1. The molecule has 1 N–H and O–H groups in total. The van der Waals surface area contributed by atoms with Crippen molar-refractivity contribution in [2.75, 3.05) is 19.6 Å². The molecular formula is C16H23FN2O. The van der Waals surface area contributed by atoms with Gasteiger partial charge in [-0.15, -0.1) is 0 Å². The second-order valence-electron chi connectivity index (χ2n) is 5.55. The number of nitrogens with zero attached hydrogens (tertiary/aromatic N) is 1. The average Bonchev–Trinajstić information content (AvgIpc) is 2.44. The Balaban J connectivity index is 1.87. The molecule has 0 atom stereocenters. The Bertz CT molecular complexity index is 468. The van der Waals surface area contributed by atoms with E-state index in [1.165, 1.54) is 12.5 Å². The highest BCUT2D eigenvalue weighted by Crippen LogP contribution is 2.13. The molecule has 0 bridgehead atoms. The number of halogens is 1. The molecule has 1 saturated heterocycles. The van der Waals surface area contributed by atoms with E-state index in [2.05, 4.69) is 17.1 Å². The van der Waals surface area contributed by atoms with Crippen LogP contribution in [0.3, 0.4) is 0 Å². The third-order valence-electron chi connectivity index (χ3n) is 3.88. The Hall–Kier alpha value is -1.42. The Morgan fingerprint density at radius 2 is 2.10 bits per heavy atom. The van der Waals surface area contributed by atoms with Crippen LogP contribution >= 0.6 is 0 Å². The molecule has 1 heterocycles. The lowest BCUT2D eigenvalue weighted by atomic mass is 10.0. The minimum atomic E-state index is -0.269. The number of hydrogen-bond acceptors (Lipinski definition) is 2. The number of likely N-dealkylation sites (tertiary alicyclic amines) is 1. The molecule has 0 unspecified atom stereocenters. The molecule has 0 saturated carbocycles.